The number of nitrogens with zero attached hydrogens (tertiary/aromatic N) is 1. The first kappa shape index (κ1) is 15.5. The van der Waals surface area contributed by atoms with Crippen LogP contribution in [0.25, 0.3) is 0 Å². The molecule has 1 saturated heterocycles. The van der Waals surface area contributed by atoms with E-state index in [1.165, 1.54) is 11.1 Å². The molecule has 1 unspecified atom stereocenters. The molecule has 1 aromatic carbocycles. The topological polar surface area (TPSA) is 40.5 Å². The summed E-state index contributed by atoms with van der Waals surface area (Å²) < 4.78 is 0. The second kappa shape index (κ2) is 6.82. The maximum absolute atomic E-state index is 11.1. The Kier molecular flexibility index (Phi) is 4.81. The Morgan fingerprint density at radius 1 is 1.18 bits per heavy atom. The minimum Gasteiger partial charge on any atom is -0.481 e. The molecule has 1 fully saturated rings. The van der Waals surface area contributed by atoms with Gasteiger partial charge < -0.3 is 5.11 Å². The van der Waals surface area contributed by atoms with Crippen molar-refractivity contribution < 1.29 is 9.90 Å². The van der Waals surface area contributed by atoms with Crippen molar-refractivity contribution in [2.75, 3.05) is 13.1 Å². The van der Waals surface area contributed by atoms with E-state index < -0.39 is 5.97 Å². The van der Waals surface area contributed by atoms with Crippen molar-refractivity contribution in [1.82, 2.24) is 4.90 Å². The maximum Gasteiger partial charge on any atom is 0.306 e. The molecule has 3 nitrogen and oxygen atoms in total. The van der Waals surface area contributed by atoms with Gasteiger partial charge >= 0.3 is 5.97 Å². The Labute approximate surface area is 139 Å². The number of hydrogen-bond acceptors (Lipinski definition) is 3. The highest BCUT2D eigenvalue weighted by Crippen LogP contribution is 2.34. The summed E-state index contributed by atoms with van der Waals surface area (Å²) in [7, 11) is 0. The highest BCUT2D eigenvalue weighted by Gasteiger charge is 2.30. The minimum atomic E-state index is -0.668. The number of halogens is 1. The van der Waals surface area contributed by atoms with E-state index in [4.69, 9.17) is 16.7 Å². The molecule has 1 atom stereocenters. The molecule has 1 aromatic heterocycles. The van der Waals surface area contributed by atoms with Crippen molar-refractivity contribution in [3.63, 3.8) is 0 Å². The van der Waals surface area contributed by atoms with Gasteiger partial charge in [0.05, 0.1) is 12.0 Å². The lowest BCUT2D eigenvalue weighted by atomic mass is 9.92. The van der Waals surface area contributed by atoms with Gasteiger partial charge in [0.15, 0.2) is 0 Å². The average Bonchev–Trinajstić information content (AvgIpc) is 3.04. The number of hydrogen-bond donors (Lipinski definition) is 1. The molecule has 22 heavy (non-hydrogen) atoms. The van der Waals surface area contributed by atoms with Crippen LogP contribution in [0.15, 0.2) is 41.1 Å². The molecule has 0 bridgehead atoms. The molecule has 0 amide bonds. The standard InChI is InChI=1S/C17H18ClNO2S/c18-15-3-1-12(2-4-15)16(14-7-10-22-11-14)19-8-5-13(6-9-19)17(20)21/h1-4,7,10-11,13,16H,5-6,8-9H2,(H,20,21). The Morgan fingerprint density at radius 2 is 1.86 bits per heavy atom. The predicted octanol–water partition coefficient (Wildman–Crippen LogP) is 4.29. The van der Waals surface area contributed by atoms with Crippen LogP contribution in [0, 0.1) is 5.92 Å². The van der Waals surface area contributed by atoms with Crippen LogP contribution in [0.3, 0.4) is 0 Å². The van der Waals surface area contributed by atoms with Crippen molar-refractivity contribution in [2.45, 2.75) is 18.9 Å². The van der Waals surface area contributed by atoms with Gasteiger partial charge in [0.1, 0.15) is 0 Å². The van der Waals surface area contributed by atoms with Crippen LogP contribution in [-0.4, -0.2) is 29.1 Å². The maximum atomic E-state index is 11.1. The second-order valence-corrected chi connectivity index (χ2v) is 6.88. The molecule has 2 heterocycles. The lowest BCUT2D eigenvalue weighted by molar-refractivity contribution is -0.143. The zero-order valence-corrected chi connectivity index (χ0v) is 13.7. The monoisotopic (exact) mass is 335 g/mol. The fourth-order valence-corrected chi connectivity index (χ4v) is 3.90. The first-order valence-corrected chi connectivity index (χ1v) is 8.71. The Morgan fingerprint density at radius 3 is 2.41 bits per heavy atom. The zero-order chi connectivity index (χ0) is 15.5. The van der Waals surface area contributed by atoms with Crippen LogP contribution < -0.4 is 0 Å². The summed E-state index contributed by atoms with van der Waals surface area (Å²) in [6, 6.07) is 10.3. The highest BCUT2D eigenvalue weighted by molar-refractivity contribution is 7.08. The van der Waals surface area contributed by atoms with E-state index in [2.05, 4.69) is 33.9 Å². The van der Waals surface area contributed by atoms with Gasteiger partial charge in [0.2, 0.25) is 0 Å². The van der Waals surface area contributed by atoms with Crippen molar-refractivity contribution in [1.29, 1.82) is 0 Å². The molecule has 3 rings (SSSR count). The van der Waals surface area contributed by atoms with Gasteiger partial charge in [-0.15, -0.1) is 0 Å². The van der Waals surface area contributed by atoms with Crippen LogP contribution >= 0.6 is 22.9 Å². The average molecular weight is 336 g/mol. The molecular formula is C17H18ClNO2S. The van der Waals surface area contributed by atoms with Crippen molar-refractivity contribution in [3.05, 3.63) is 57.2 Å². The number of likely N-dealkylation sites (tertiary alicyclic amines) is 1. The summed E-state index contributed by atoms with van der Waals surface area (Å²) in [6.45, 7) is 1.61. The van der Waals surface area contributed by atoms with Crippen molar-refractivity contribution in [3.8, 4) is 0 Å². The highest BCUT2D eigenvalue weighted by atomic mass is 35.5. The Bertz CT molecular complexity index is 619. The van der Waals surface area contributed by atoms with Gasteiger partial charge in [0, 0.05) is 5.02 Å². The number of thiophene rings is 1. The molecule has 1 N–H and O–H groups in total. The van der Waals surface area contributed by atoms with Gasteiger partial charge in [-0.25, -0.2) is 0 Å². The molecule has 0 aliphatic carbocycles. The molecule has 0 spiro atoms. The van der Waals surface area contributed by atoms with Crippen LogP contribution in [-0.2, 0) is 4.79 Å². The first-order valence-electron chi connectivity index (χ1n) is 7.39. The molecule has 5 heteroatoms. The van der Waals surface area contributed by atoms with Gasteiger partial charge in [-0.05, 0) is 66.0 Å². The molecule has 116 valence electrons. The summed E-state index contributed by atoms with van der Waals surface area (Å²) >= 11 is 7.69. The third-order valence-corrected chi connectivity index (χ3v) is 5.24. The summed E-state index contributed by atoms with van der Waals surface area (Å²) in [5.74, 6) is -0.872. The molecular weight excluding hydrogens is 318 g/mol. The van der Waals surface area contributed by atoms with E-state index in [1.807, 2.05) is 12.1 Å². The quantitative estimate of drug-likeness (QED) is 0.906. The normalized spacial score (nSPS) is 18.2. The van der Waals surface area contributed by atoms with E-state index in [9.17, 15) is 4.79 Å². The van der Waals surface area contributed by atoms with Crippen molar-refractivity contribution >= 4 is 28.9 Å². The van der Waals surface area contributed by atoms with E-state index in [-0.39, 0.29) is 12.0 Å². The van der Waals surface area contributed by atoms with Gasteiger partial charge in [-0.3, -0.25) is 9.69 Å². The van der Waals surface area contributed by atoms with E-state index in [0.29, 0.717) is 12.8 Å². The number of piperidine rings is 1. The van der Waals surface area contributed by atoms with E-state index in [0.717, 1.165) is 18.1 Å². The summed E-state index contributed by atoms with van der Waals surface area (Å²) in [5, 5.41) is 14.2. The fraction of sp³-hybridized carbons (Fsp3) is 0.353. The zero-order valence-electron chi connectivity index (χ0n) is 12.1. The van der Waals surface area contributed by atoms with Crippen LogP contribution in [0.4, 0.5) is 0 Å². The predicted molar refractivity (Wildman–Crippen MR) is 89.5 cm³/mol. The Hall–Kier alpha value is -1.36. The van der Waals surface area contributed by atoms with E-state index in [1.54, 1.807) is 11.3 Å². The second-order valence-electron chi connectivity index (χ2n) is 5.66. The molecule has 1 aliphatic rings. The molecule has 0 saturated carbocycles. The van der Waals surface area contributed by atoms with E-state index >= 15 is 0 Å². The van der Waals surface area contributed by atoms with Crippen LogP contribution in [0.2, 0.25) is 5.02 Å². The van der Waals surface area contributed by atoms with Gasteiger partial charge in [-0.1, -0.05) is 23.7 Å². The van der Waals surface area contributed by atoms with Gasteiger partial charge in [-0.2, -0.15) is 11.3 Å². The number of carbonyl (C=O) groups is 1. The summed E-state index contributed by atoms with van der Waals surface area (Å²) in [4.78, 5) is 13.5. The number of carboxylic acid groups (broad SMARTS) is 1. The fourth-order valence-electron chi connectivity index (χ4n) is 3.09. The van der Waals surface area contributed by atoms with Gasteiger partial charge in [0.25, 0.3) is 0 Å². The summed E-state index contributed by atoms with van der Waals surface area (Å²) in [5.41, 5.74) is 2.47. The van der Waals surface area contributed by atoms with Crippen LogP contribution in [0.5, 0.6) is 0 Å². The van der Waals surface area contributed by atoms with Crippen molar-refractivity contribution in [2.24, 2.45) is 5.92 Å². The third kappa shape index (κ3) is 3.35. The lowest BCUT2D eigenvalue weighted by Crippen LogP contribution is -2.39. The molecule has 2 aromatic rings. The first-order chi connectivity index (χ1) is 10.6. The SMILES string of the molecule is O=C(O)C1CCN(C(c2ccc(Cl)cc2)c2ccsc2)CC1. The smallest absolute Gasteiger partial charge is 0.306 e. The third-order valence-electron chi connectivity index (χ3n) is 4.29. The number of rotatable bonds is 4. The number of carboxylic acids is 1. The number of aliphatic carboxylic acids is 1. The molecule has 1 aliphatic heterocycles. The minimum absolute atomic E-state index is 0.179. The largest absolute Gasteiger partial charge is 0.481 e. The Balaban J connectivity index is 1.84. The molecule has 0 radical (unpaired) electrons. The lowest BCUT2D eigenvalue weighted by Gasteiger charge is -2.36. The van der Waals surface area contributed by atoms with Crippen LogP contribution in [0.1, 0.15) is 30.0 Å². The number of benzene rings is 1. The summed E-state index contributed by atoms with van der Waals surface area (Å²) in [6.07, 6.45) is 1.42.